The predicted octanol–water partition coefficient (Wildman–Crippen LogP) is 8.86. The van der Waals surface area contributed by atoms with E-state index < -0.39 is 46.1 Å². The fraction of sp³-hybridized carbons (Fsp3) is 0.520. The van der Waals surface area contributed by atoms with Crippen molar-refractivity contribution in [3.05, 3.63) is 58.7 Å². The van der Waals surface area contributed by atoms with Gasteiger partial charge in [0.05, 0.1) is 5.56 Å². The number of halogens is 7. The van der Waals surface area contributed by atoms with Gasteiger partial charge in [0.2, 0.25) is 0 Å². The first-order chi connectivity index (χ1) is 15.1. The molecule has 32 heavy (non-hydrogen) atoms. The number of unbranched alkanes of at least 4 members (excludes halogenated alkanes) is 2. The van der Waals surface area contributed by atoms with Gasteiger partial charge >= 0.3 is 6.18 Å². The molecular weight excluding hydrogens is 433 g/mol. The molecule has 0 atom stereocenters. The molecule has 2 aromatic carbocycles. The normalized spacial score (nSPS) is 19.4. The van der Waals surface area contributed by atoms with Gasteiger partial charge < -0.3 is 0 Å². The summed E-state index contributed by atoms with van der Waals surface area (Å²) in [5, 5.41) is 0. The maximum atomic E-state index is 14.7. The molecule has 1 aliphatic carbocycles. The Kier molecular flexibility index (Phi) is 7.88. The molecule has 0 radical (unpaired) electrons. The van der Waals surface area contributed by atoms with Crippen molar-refractivity contribution in [2.75, 3.05) is 0 Å². The molecule has 0 aliphatic heterocycles. The van der Waals surface area contributed by atoms with Crippen molar-refractivity contribution in [2.24, 2.45) is 11.8 Å². The second-order valence-electron chi connectivity index (χ2n) is 8.83. The lowest BCUT2D eigenvalue weighted by Crippen LogP contribution is -2.16. The zero-order valence-corrected chi connectivity index (χ0v) is 18.0. The molecule has 176 valence electrons. The highest BCUT2D eigenvalue weighted by molar-refractivity contribution is 5.66. The maximum Gasteiger partial charge on any atom is 0.422 e. The number of alkyl halides is 3. The minimum absolute atomic E-state index is 0.308. The lowest BCUT2D eigenvalue weighted by atomic mass is 9.77. The largest absolute Gasteiger partial charge is 0.422 e. The topological polar surface area (TPSA) is 0 Å². The van der Waals surface area contributed by atoms with Gasteiger partial charge in [0.25, 0.3) is 0 Å². The third-order valence-electron chi connectivity index (χ3n) is 6.42. The van der Waals surface area contributed by atoms with E-state index in [0.29, 0.717) is 36.0 Å². The van der Waals surface area contributed by atoms with Gasteiger partial charge in [0, 0.05) is 0 Å². The van der Waals surface area contributed by atoms with Crippen molar-refractivity contribution in [3.63, 3.8) is 0 Å². The molecule has 0 amide bonds. The van der Waals surface area contributed by atoms with Gasteiger partial charge in [-0.3, -0.25) is 0 Å². The molecule has 1 fully saturated rings. The average Bonchev–Trinajstić information content (AvgIpc) is 2.67. The number of benzene rings is 2. The van der Waals surface area contributed by atoms with E-state index in [0.717, 1.165) is 37.8 Å². The van der Waals surface area contributed by atoms with Gasteiger partial charge in [-0.25, -0.2) is 17.6 Å². The molecule has 0 unspecified atom stereocenters. The van der Waals surface area contributed by atoms with Crippen LogP contribution in [0.5, 0.6) is 0 Å². The van der Waals surface area contributed by atoms with Gasteiger partial charge in [-0.2, -0.15) is 13.2 Å². The molecule has 0 saturated heterocycles. The van der Waals surface area contributed by atoms with Crippen LogP contribution in [0.4, 0.5) is 30.7 Å². The van der Waals surface area contributed by atoms with Gasteiger partial charge in [0.1, 0.15) is 28.8 Å². The fourth-order valence-corrected chi connectivity index (χ4v) is 4.75. The molecule has 1 aliphatic rings. The van der Waals surface area contributed by atoms with Crippen molar-refractivity contribution in [2.45, 2.75) is 70.9 Å². The van der Waals surface area contributed by atoms with Crippen LogP contribution in [0.2, 0.25) is 0 Å². The Bertz CT molecular complexity index is 878. The summed E-state index contributed by atoms with van der Waals surface area (Å²) in [6.45, 7) is 2.17. The summed E-state index contributed by atoms with van der Waals surface area (Å²) < 4.78 is 95.3. The van der Waals surface area contributed by atoms with Crippen LogP contribution in [0.1, 0.15) is 69.4 Å². The van der Waals surface area contributed by atoms with E-state index in [2.05, 4.69) is 6.92 Å². The second kappa shape index (κ2) is 10.3. The molecule has 0 heterocycles. The standard InChI is InChI=1S/C25H27F7/c1-2-3-4-5-15-6-8-16(9-7-15)10-17-11-19(26)23(20(27)12-17)18-13-21(28)24(22(29)14-18)25(30,31)32/h11-16H,2-10H2,1H3. The predicted molar refractivity (Wildman–Crippen MR) is 110 cm³/mol. The van der Waals surface area contributed by atoms with Gasteiger partial charge in [-0.15, -0.1) is 0 Å². The summed E-state index contributed by atoms with van der Waals surface area (Å²) in [6.07, 6.45) is 4.28. The summed E-state index contributed by atoms with van der Waals surface area (Å²) in [7, 11) is 0. The molecule has 0 bridgehead atoms. The lowest BCUT2D eigenvalue weighted by molar-refractivity contribution is -0.142. The lowest BCUT2D eigenvalue weighted by Gasteiger charge is -2.28. The molecule has 1 saturated carbocycles. The van der Waals surface area contributed by atoms with Crippen molar-refractivity contribution in [3.8, 4) is 11.1 Å². The van der Waals surface area contributed by atoms with Gasteiger partial charge in [0.15, 0.2) is 0 Å². The fourth-order valence-electron chi connectivity index (χ4n) is 4.75. The first kappa shape index (κ1) is 24.6. The van der Waals surface area contributed by atoms with Crippen LogP contribution in [-0.2, 0) is 12.6 Å². The summed E-state index contributed by atoms with van der Waals surface area (Å²) in [5.74, 6) is -4.91. The van der Waals surface area contributed by atoms with Crippen molar-refractivity contribution < 1.29 is 30.7 Å². The van der Waals surface area contributed by atoms with E-state index >= 15 is 0 Å². The quantitative estimate of drug-likeness (QED) is 0.286. The zero-order valence-electron chi connectivity index (χ0n) is 18.0. The van der Waals surface area contributed by atoms with Crippen molar-refractivity contribution in [1.82, 2.24) is 0 Å². The minimum atomic E-state index is -5.25. The Hall–Kier alpha value is -2.05. The van der Waals surface area contributed by atoms with Gasteiger partial charge in [-0.1, -0.05) is 45.4 Å². The SMILES string of the molecule is CCCCCC1CCC(Cc2cc(F)c(-c3cc(F)c(C(F)(F)F)c(F)c3)c(F)c2)CC1. The highest BCUT2D eigenvalue weighted by Crippen LogP contribution is 2.38. The Labute approximate surface area is 183 Å². The number of hydrogen-bond acceptors (Lipinski definition) is 0. The third-order valence-corrected chi connectivity index (χ3v) is 6.42. The zero-order chi connectivity index (χ0) is 23.5. The first-order valence-corrected chi connectivity index (χ1v) is 11.1. The molecule has 0 aromatic heterocycles. The number of hydrogen-bond donors (Lipinski definition) is 0. The van der Waals surface area contributed by atoms with E-state index in [1.807, 2.05) is 0 Å². The van der Waals surface area contributed by atoms with Crippen LogP contribution in [0.25, 0.3) is 11.1 Å². The van der Waals surface area contributed by atoms with Crippen LogP contribution in [0.3, 0.4) is 0 Å². The molecular formula is C25H27F7. The Morgan fingerprint density at radius 3 is 1.78 bits per heavy atom. The Balaban J connectivity index is 1.73. The molecule has 0 nitrogen and oxygen atoms in total. The highest BCUT2D eigenvalue weighted by atomic mass is 19.4. The Morgan fingerprint density at radius 1 is 0.750 bits per heavy atom. The Morgan fingerprint density at radius 2 is 1.28 bits per heavy atom. The molecule has 7 heteroatoms. The number of rotatable bonds is 7. The van der Waals surface area contributed by atoms with Crippen LogP contribution >= 0.6 is 0 Å². The van der Waals surface area contributed by atoms with Crippen LogP contribution in [0, 0.1) is 35.1 Å². The average molecular weight is 460 g/mol. The van der Waals surface area contributed by atoms with E-state index in [4.69, 9.17) is 0 Å². The smallest absolute Gasteiger partial charge is 0.206 e. The van der Waals surface area contributed by atoms with E-state index in [-0.39, 0.29) is 0 Å². The monoisotopic (exact) mass is 460 g/mol. The third kappa shape index (κ3) is 5.84. The molecule has 3 rings (SSSR count). The van der Waals surface area contributed by atoms with Gasteiger partial charge in [-0.05, 0) is 66.5 Å². The van der Waals surface area contributed by atoms with E-state index in [1.165, 1.54) is 25.7 Å². The molecule has 0 spiro atoms. The van der Waals surface area contributed by atoms with E-state index in [1.54, 1.807) is 0 Å². The van der Waals surface area contributed by atoms with Crippen LogP contribution in [0.15, 0.2) is 24.3 Å². The minimum Gasteiger partial charge on any atom is -0.206 e. The maximum absolute atomic E-state index is 14.7. The summed E-state index contributed by atoms with van der Waals surface area (Å²) in [5.41, 5.74) is -2.99. The second-order valence-corrected chi connectivity index (χ2v) is 8.83. The highest BCUT2D eigenvalue weighted by Gasteiger charge is 2.38. The molecule has 2 aromatic rings. The van der Waals surface area contributed by atoms with Crippen LogP contribution < -0.4 is 0 Å². The van der Waals surface area contributed by atoms with Crippen molar-refractivity contribution >= 4 is 0 Å². The molecule has 0 N–H and O–H groups in total. The van der Waals surface area contributed by atoms with Crippen LogP contribution in [-0.4, -0.2) is 0 Å². The summed E-state index contributed by atoms with van der Waals surface area (Å²) in [4.78, 5) is 0. The summed E-state index contributed by atoms with van der Waals surface area (Å²) >= 11 is 0. The van der Waals surface area contributed by atoms with Crippen molar-refractivity contribution in [1.29, 1.82) is 0 Å². The van der Waals surface area contributed by atoms with E-state index in [9.17, 15) is 30.7 Å². The summed E-state index contributed by atoms with van der Waals surface area (Å²) in [6, 6.07) is 2.85. The first-order valence-electron chi connectivity index (χ1n) is 11.1.